The van der Waals surface area contributed by atoms with E-state index in [-0.39, 0.29) is 28.4 Å². The first-order valence-corrected chi connectivity index (χ1v) is 6.23. The maximum atomic E-state index is 10.5. The molecule has 0 aromatic carbocycles. The molecule has 17 heavy (non-hydrogen) atoms. The fourth-order valence-electron chi connectivity index (χ4n) is 2.03. The standard InChI is InChI=1S/C10H15N3O2S.ClH/c11-9-2-1-3-12(6-9)5-8-4-10(13(14)15)16-7-8;/h4,7,9H,1-3,5-6,11H2;1H. The largest absolute Gasteiger partial charge is 0.327 e. The summed E-state index contributed by atoms with van der Waals surface area (Å²) in [5.41, 5.74) is 6.90. The van der Waals surface area contributed by atoms with E-state index in [1.807, 2.05) is 5.38 Å². The summed E-state index contributed by atoms with van der Waals surface area (Å²) in [6.07, 6.45) is 2.20. The Morgan fingerprint density at radius 2 is 2.41 bits per heavy atom. The highest BCUT2D eigenvalue weighted by molar-refractivity contribution is 7.13. The molecule has 1 fully saturated rings. The molecule has 5 nitrogen and oxygen atoms in total. The molecule has 0 bridgehead atoms. The van der Waals surface area contributed by atoms with Gasteiger partial charge in [-0.3, -0.25) is 15.0 Å². The molecule has 2 rings (SSSR count). The van der Waals surface area contributed by atoms with Crippen LogP contribution in [-0.4, -0.2) is 29.0 Å². The highest BCUT2D eigenvalue weighted by Crippen LogP contribution is 2.24. The molecule has 1 unspecified atom stereocenters. The Labute approximate surface area is 110 Å². The van der Waals surface area contributed by atoms with Gasteiger partial charge in [0.05, 0.1) is 4.92 Å². The van der Waals surface area contributed by atoms with Crippen LogP contribution in [0.1, 0.15) is 18.4 Å². The average molecular weight is 278 g/mol. The van der Waals surface area contributed by atoms with Crippen molar-refractivity contribution in [3.8, 4) is 0 Å². The monoisotopic (exact) mass is 277 g/mol. The van der Waals surface area contributed by atoms with Gasteiger partial charge >= 0.3 is 5.00 Å². The second kappa shape index (κ2) is 6.30. The predicted octanol–water partition coefficient (Wildman–Crippen LogP) is 2.00. The van der Waals surface area contributed by atoms with Crippen LogP contribution in [-0.2, 0) is 6.54 Å². The van der Waals surface area contributed by atoms with Crippen molar-refractivity contribution in [2.45, 2.75) is 25.4 Å². The lowest BCUT2D eigenvalue weighted by Crippen LogP contribution is -2.42. The van der Waals surface area contributed by atoms with Crippen molar-refractivity contribution >= 4 is 28.7 Å². The van der Waals surface area contributed by atoms with Crippen LogP contribution in [0.3, 0.4) is 0 Å². The Morgan fingerprint density at radius 1 is 1.65 bits per heavy atom. The van der Waals surface area contributed by atoms with E-state index in [0.717, 1.165) is 38.0 Å². The zero-order valence-electron chi connectivity index (χ0n) is 9.37. The topological polar surface area (TPSA) is 72.4 Å². The fourth-order valence-corrected chi connectivity index (χ4v) is 2.75. The van der Waals surface area contributed by atoms with Gasteiger partial charge < -0.3 is 5.73 Å². The molecule has 1 saturated heterocycles. The third-order valence-corrected chi connectivity index (χ3v) is 3.70. The maximum absolute atomic E-state index is 10.5. The van der Waals surface area contributed by atoms with Crippen molar-refractivity contribution in [2.75, 3.05) is 13.1 Å². The SMILES string of the molecule is Cl.NC1CCCN(Cc2csc([N+](=O)[O-])c2)C1. The molecule has 0 spiro atoms. The van der Waals surface area contributed by atoms with E-state index < -0.39 is 0 Å². The van der Waals surface area contributed by atoms with Crippen molar-refractivity contribution in [1.82, 2.24) is 4.90 Å². The lowest BCUT2D eigenvalue weighted by molar-refractivity contribution is -0.380. The van der Waals surface area contributed by atoms with Crippen LogP contribution in [0.15, 0.2) is 11.4 Å². The molecule has 7 heteroatoms. The van der Waals surface area contributed by atoms with Crippen LogP contribution in [0.5, 0.6) is 0 Å². The summed E-state index contributed by atoms with van der Waals surface area (Å²) in [5, 5.41) is 12.6. The number of nitrogens with two attached hydrogens (primary N) is 1. The van der Waals surface area contributed by atoms with E-state index in [0.29, 0.717) is 0 Å². The smallest absolute Gasteiger partial charge is 0.324 e. The van der Waals surface area contributed by atoms with Crippen molar-refractivity contribution in [3.63, 3.8) is 0 Å². The van der Waals surface area contributed by atoms with Crippen LogP contribution in [0.4, 0.5) is 5.00 Å². The summed E-state index contributed by atoms with van der Waals surface area (Å²) in [6.45, 7) is 2.71. The van der Waals surface area contributed by atoms with E-state index in [9.17, 15) is 10.1 Å². The number of piperidine rings is 1. The van der Waals surface area contributed by atoms with Gasteiger partial charge in [0, 0.05) is 30.6 Å². The van der Waals surface area contributed by atoms with E-state index in [1.54, 1.807) is 6.07 Å². The number of halogens is 1. The number of thiophene rings is 1. The zero-order valence-corrected chi connectivity index (χ0v) is 11.0. The van der Waals surface area contributed by atoms with Crippen LogP contribution in [0.2, 0.25) is 0 Å². The number of nitro groups is 1. The maximum Gasteiger partial charge on any atom is 0.324 e. The van der Waals surface area contributed by atoms with Crippen molar-refractivity contribution in [1.29, 1.82) is 0 Å². The van der Waals surface area contributed by atoms with Gasteiger partial charge in [0.1, 0.15) is 0 Å². The Morgan fingerprint density at radius 3 is 3.00 bits per heavy atom. The molecule has 1 atom stereocenters. The van der Waals surface area contributed by atoms with Crippen molar-refractivity contribution in [3.05, 3.63) is 27.1 Å². The minimum Gasteiger partial charge on any atom is -0.327 e. The molecule has 96 valence electrons. The van der Waals surface area contributed by atoms with Gasteiger partial charge in [-0.15, -0.1) is 12.4 Å². The van der Waals surface area contributed by atoms with Crippen LogP contribution >= 0.6 is 23.7 Å². The Hall–Kier alpha value is -0.690. The third kappa shape index (κ3) is 3.92. The van der Waals surface area contributed by atoms with Gasteiger partial charge in [0.25, 0.3) is 0 Å². The number of likely N-dealkylation sites (tertiary alicyclic amines) is 1. The number of nitrogens with zero attached hydrogens (tertiary/aromatic N) is 2. The molecule has 0 amide bonds. The van der Waals surface area contributed by atoms with Crippen LogP contribution in [0.25, 0.3) is 0 Å². The van der Waals surface area contributed by atoms with E-state index in [4.69, 9.17) is 5.73 Å². The van der Waals surface area contributed by atoms with Crippen LogP contribution < -0.4 is 5.73 Å². The molecule has 1 aliphatic heterocycles. The molecule has 0 radical (unpaired) electrons. The average Bonchev–Trinajstić information content (AvgIpc) is 2.66. The Kier molecular flexibility index (Phi) is 5.32. The highest BCUT2D eigenvalue weighted by atomic mass is 35.5. The number of hydrogen-bond donors (Lipinski definition) is 1. The summed E-state index contributed by atoms with van der Waals surface area (Å²) in [4.78, 5) is 12.5. The first-order valence-electron chi connectivity index (χ1n) is 5.35. The molecule has 1 aromatic heterocycles. The minimum atomic E-state index is -0.337. The van der Waals surface area contributed by atoms with Gasteiger partial charge in [-0.25, -0.2) is 0 Å². The summed E-state index contributed by atoms with van der Waals surface area (Å²) >= 11 is 1.19. The summed E-state index contributed by atoms with van der Waals surface area (Å²) in [6, 6.07) is 1.91. The van der Waals surface area contributed by atoms with E-state index >= 15 is 0 Å². The molecule has 1 aromatic rings. The van der Waals surface area contributed by atoms with Gasteiger partial charge in [-0.05, 0) is 24.9 Å². The zero-order chi connectivity index (χ0) is 11.5. The summed E-state index contributed by atoms with van der Waals surface area (Å²) < 4.78 is 0. The van der Waals surface area contributed by atoms with E-state index in [1.165, 1.54) is 11.3 Å². The van der Waals surface area contributed by atoms with Gasteiger partial charge in [-0.2, -0.15) is 0 Å². The molecule has 0 aliphatic carbocycles. The second-order valence-corrected chi connectivity index (χ2v) is 5.08. The predicted molar refractivity (Wildman–Crippen MR) is 70.7 cm³/mol. The number of rotatable bonds is 3. The molecule has 0 saturated carbocycles. The first kappa shape index (κ1) is 14.4. The van der Waals surface area contributed by atoms with Gasteiger partial charge in [-0.1, -0.05) is 11.3 Å². The van der Waals surface area contributed by atoms with Gasteiger partial charge in [0.15, 0.2) is 0 Å². The summed E-state index contributed by atoms with van der Waals surface area (Å²) in [7, 11) is 0. The minimum absolute atomic E-state index is 0. The molecular weight excluding hydrogens is 262 g/mol. The highest BCUT2D eigenvalue weighted by Gasteiger charge is 2.18. The normalized spacial score (nSPS) is 20.9. The second-order valence-electron chi connectivity index (χ2n) is 4.19. The molecule has 2 N–H and O–H groups in total. The quantitative estimate of drug-likeness (QED) is 0.677. The Bertz CT molecular complexity index is 385. The van der Waals surface area contributed by atoms with E-state index in [2.05, 4.69) is 4.90 Å². The fraction of sp³-hybridized carbons (Fsp3) is 0.600. The number of hydrogen-bond acceptors (Lipinski definition) is 5. The lowest BCUT2D eigenvalue weighted by atomic mass is 10.1. The first-order chi connectivity index (χ1) is 7.65. The Balaban J connectivity index is 0.00000144. The summed E-state index contributed by atoms with van der Waals surface area (Å²) in [5.74, 6) is 0. The molecule has 1 aliphatic rings. The lowest BCUT2D eigenvalue weighted by Gasteiger charge is -2.30. The van der Waals surface area contributed by atoms with Crippen molar-refractivity contribution < 1.29 is 4.92 Å². The van der Waals surface area contributed by atoms with Gasteiger partial charge in [0.2, 0.25) is 0 Å². The van der Waals surface area contributed by atoms with Crippen LogP contribution in [0, 0.1) is 10.1 Å². The third-order valence-electron chi connectivity index (χ3n) is 2.77. The molecule has 2 heterocycles. The molecular formula is C10H16ClN3O2S. The van der Waals surface area contributed by atoms with Crippen molar-refractivity contribution in [2.24, 2.45) is 5.73 Å².